The number of nitrogens with one attached hydrogen (secondary N) is 1. The van der Waals surface area contributed by atoms with Gasteiger partial charge in [-0.15, -0.1) is 11.3 Å². The van der Waals surface area contributed by atoms with E-state index in [0.717, 1.165) is 41.0 Å². The zero-order chi connectivity index (χ0) is 20.5. The Hall–Kier alpha value is -2.38. The number of rotatable bonds is 4. The summed E-state index contributed by atoms with van der Waals surface area (Å²) in [6.45, 7) is 5.17. The zero-order valence-electron chi connectivity index (χ0n) is 16.7. The lowest BCUT2D eigenvalue weighted by atomic mass is 10.0. The second kappa shape index (κ2) is 8.16. The van der Waals surface area contributed by atoms with Gasteiger partial charge in [0.1, 0.15) is 22.7 Å². The second-order valence-corrected chi connectivity index (χ2v) is 8.71. The van der Waals surface area contributed by atoms with Gasteiger partial charge in [0.15, 0.2) is 0 Å². The van der Waals surface area contributed by atoms with Crippen LogP contribution in [0, 0.1) is 6.92 Å². The van der Waals surface area contributed by atoms with Crippen LogP contribution in [0.25, 0.3) is 10.2 Å². The fourth-order valence-corrected chi connectivity index (χ4v) is 5.07. The molecule has 1 N–H and O–H groups in total. The highest BCUT2D eigenvalue weighted by atomic mass is 35.5. The summed E-state index contributed by atoms with van der Waals surface area (Å²) in [4.78, 5) is 25.9. The number of hydrogen-bond donors (Lipinski definition) is 1. The molecule has 1 aliphatic heterocycles. The van der Waals surface area contributed by atoms with Crippen LogP contribution in [0.15, 0.2) is 24.5 Å². The monoisotopic (exact) mass is 430 g/mol. The maximum absolute atomic E-state index is 13.1. The van der Waals surface area contributed by atoms with Crippen LogP contribution in [0.5, 0.6) is 5.75 Å². The molecule has 6 nitrogen and oxygen atoms in total. The number of amides is 1. The van der Waals surface area contributed by atoms with E-state index in [1.165, 1.54) is 17.8 Å². The van der Waals surface area contributed by atoms with Crippen molar-refractivity contribution in [3.05, 3.63) is 40.0 Å². The smallest absolute Gasteiger partial charge is 0.266 e. The fraction of sp³-hybridized carbons (Fsp3) is 0.381. The predicted molar refractivity (Wildman–Crippen MR) is 119 cm³/mol. The van der Waals surface area contributed by atoms with E-state index >= 15 is 0 Å². The van der Waals surface area contributed by atoms with Crippen molar-refractivity contribution in [2.75, 3.05) is 23.9 Å². The molecule has 2 aromatic heterocycles. The van der Waals surface area contributed by atoms with E-state index in [9.17, 15) is 4.79 Å². The van der Waals surface area contributed by atoms with Crippen LogP contribution in [0.3, 0.4) is 0 Å². The van der Waals surface area contributed by atoms with Crippen LogP contribution in [0.4, 0.5) is 11.5 Å². The van der Waals surface area contributed by atoms with Crippen LogP contribution in [-0.2, 0) is 0 Å². The highest BCUT2D eigenvalue weighted by Gasteiger charge is 2.26. The normalized spacial score (nSPS) is 16.8. The van der Waals surface area contributed by atoms with Crippen molar-refractivity contribution >= 4 is 50.6 Å². The van der Waals surface area contributed by atoms with Gasteiger partial charge in [0.2, 0.25) is 0 Å². The van der Waals surface area contributed by atoms with E-state index < -0.39 is 0 Å². The Morgan fingerprint density at radius 2 is 2.17 bits per heavy atom. The number of ether oxygens (including phenoxy) is 1. The number of carbonyl (C=O) groups excluding carboxylic acids is 1. The number of methoxy groups -OCH3 is 1. The number of aromatic nitrogens is 2. The van der Waals surface area contributed by atoms with Crippen molar-refractivity contribution in [2.45, 2.75) is 39.2 Å². The van der Waals surface area contributed by atoms with E-state index in [2.05, 4.69) is 27.1 Å². The summed E-state index contributed by atoms with van der Waals surface area (Å²) in [6, 6.07) is 5.57. The van der Waals surface area contributed by atoms with Gasteiger partial charge in [-0.3, -0.25) is 4.79 Å². The highest BCUT2D eigenvalue weighted by Crippen LogP contribution is 2.37. The molecule has 0 bridgehead atoms. The van der Waals surface area contributed by atoms with E-state index in [-0.39, 0.29) is 5.91 Å². The van der Waals surface area contributed by atoms with Gasteiger partial charge in [0.25, 0.3) is 5.91 Å². The number of aryl methyl sites for hydroxylation is 1. The maximum Gasteiger partial charge on any atom is 0.266 e. The summed E-state index contributed by atoms with van der Waals surface area (Å²) in [7, 11) is 1.56. The largest absolute Gasteiger partial charge is 0.495 e. The van der Waals surface area contributed by atoms with Crippen LogP contribution >= 0.6 is 22.9 Å². The summed E-state index contributed by atoms with van der Waals surface area (Å²) in [5.74, 6) is 1.28. The summed E-state index contributed by atoms with van der Waals surface area (Å²) in [5, 5.41) is 4.42. The van der Waals surface area contributed by atoms with Crippen LogP contribution < -0.4 is 15.0 Å². The number of benzene rings is 1. The Balaban J connectivity index is 1.72. The van der Waals surface area contributed by atoms with Gasteiger partial charge in [-0.25, -0.2) is 9.97 Å². The Bertz CT molecular complexity index is 1070. The molecule has 0 aliphatic carbocycles. The van der Waals surface area contributed by atoms with Crippen LogP contribution in [-0.4, -0.2) is 35.6 Å². The lowest BCUT2D eigenvalue weighted by molar-refractivity contribution is 0.102. The van der Waals surface area contributed by atoms with Crippen LogP contribution in [0.1, 0.15) is 41.4 Å². The second-order valence-electron chi connectivity index (χ2n) is 7.27. The molecule has 152 valence electrons. The van der Waals surface area contributed by atoms with Crippen molar-refractivity contribution in [3.63, 3.8) is 0 Å². The SMILES string of the molecule is COc1ccc(Cl)cc1NC(=O)c1sc2ncnc(N3CCCCC3C)c2c1C. The third-order valence-corrected chi connectivity index (χ3v) is 6.83. The van der Waals surface area contributed by atoms with Gasteiger partial charge >= 0.3 is 0 Å². The fourth-order valence-electron chi connectivity index (χ4n) is 3.86. The van der Waals surface area contributed by atoms with Crippen molar-refractivity contribution in [1.82, 2.24) is 9.97 Å². The molecule has 1 aliphatic rings. The Morgan fingerprint density at radius 1 is 1.34 bits per heavy atom. The first kappa shape index (κ1) is 19.9. The van der Waals surface area contributed by atoms with Gasteiger partial charge in [-0.2, -0.15) is 0 Å². The number of piperidine rings is 1. The molecule has 1 saturated heterocycles. The third kappa shape index (κ3) is 3.76. The minimum absolute atomic E-state index is 0.205. The van der Waals surface area contributed by atoms with Gasteiger partial charge in [-0.05, 0) is 56.9 Å². The summed E-state index contributed by atoms with van der Waals surface area (Å²) in [6.07, 6.45) is 5.14. The zero-order valence-corrected chi connectivity index (χ0v) is 18.2. The molecule has 1 unspecified atom stereocenters. The Kier molecular flexibility index (Phi) is 5.61. The summed E-state index contributed by atoms with van der Waals surface area (Å²) >= 11 is 7.48. The molecule has 1 fully saturated rings. The first-order chi connectivity index (χ1) is 14.0. The standard InChI is InChI=1S/C21H23ClN4O2S/c1-12-6-4-5-9-26(12)19-17-13(2)18(29-21(17)24-11-23-19)20(27)25-15-10-14(22)7-8-16(15)28-3/h7-8,10-12H,4-6,9H2,1-3H3,(H,25,27). The van der Waals surface area contributed by atoms with E-state index in [0.29, 0.717) is 27.4 Å². The molecule has 1 aromatic carbocycles. The minimum atomic E-state index is -0.205. The van der Waals surface area contributed by atoms with E-state index in [4.69, 9.17) is 16.3 Å². The molecule has 0 radical (unpaired) electrons. The Labute approximate surface area is 178 Å². The molecule has 3 aromatic rings. The number of fused-ring (bicyclic) bond motifs is 1. The number of hydrogen-bond acceptors (Lipinski definition) is 6. The molecule has 3 heterocycles. The molecule has 8 heteroatoms. The quantitative estimate of drug-likeness (QED) is 0.608. The third-order valence-electron chi connectivity index (χ3n) is 5.40. The number of nitrogens with zero attached hydrogens (tertiary/aromatic N) is 3. The Morgan fingerprint density at radius 3 is 2.93 bits per heavy atom. The molecule has 0 saturated carbocycles. The topological polar surface area (TPSA) is 67.3 Å². The van der Waals surface area contributed by atoms with Crippen LogP contribution in [0.2, 0.25) is 5.02 Å². The first-order valence-electron chi connectivity index (χ1n) is 9.65. The van der Waals surface area contributed by atoms with E-state index in [1.807, 2.05) is 6.92 Å². The lowest BCUT2D eigenvalue weighted by Gasteiger charge is -2.34. The average molecular weight is 431 g/mol. The highest BCUT2D eigenvalue weighted by molar-refractivity contribution is 7.20. The van der Waals surface area contributed by atoms with Crippen molar-refractivity contribution in [3.8, 4) is 5.75 Å². The molecule has 29 heavy (non-hydrogen) atoms. The van der Waals surface area contributed by atoms with Crippen molar-refractivity contribution in [2.24, 2.45) is 0 Å². The van der Waals surface area contributed by atoms with Crippen molar-refractivity contribution < 1.29 is 9.53 Å². The summed E-state index contributed by atoms with van der Waals surface area (Å²) < 4.78 is 5.34. The summed E-state index contributed by atoms with van der Waals surface area (Å²) in [5.41, 5.74) is 1.44. The molecule has 1 atom stereocenters. The molecule has 1 amide bonds. The molecular formula is C21H23ClN4O2S. The van der Waals surface area contributed by atoms with E-state index in [1.54, 1.807) is 31.6 Å². The first-order valence-corrected chi connectivity index (χ1v) is 10.8. The van der Waals surface area contributed by atoms with Gasteiger partial charge in [0, 0.05) is 17.6 Å². The molecular weight excluding hydrogens is 408 g/mol. The lowest BCUT2D eigenvalue weighted by Crippen LogP contribution is -2.38. The van der Waals surface area contributed by atoms with Gasteiger partial charge < -0.3 is 15.0 Å². The molecule has 0 spiro atoms. The molecule has 4 rings (SSSR count). The predicted octanol–water partition coefficient (Wildman–Crippen LogP) is 5.29. The number of anilines is 2. The number of thiophene rings is 1. The number of carbonyl (C=O) groups is 1. The minimum Gasteiger partial charge on any atom is -0.495 e. The number of halogens is 1. The maximum atomic E-state index is 13.1. The van der Waals surface area contributed by atoms with Gasteiger partial charge in [0.05, 0.1) is 23.1 Å². The van der Waals surface area contributed by atoms with Crippen molar-refractivity contribution in [1.29, 1.82) is 0 Å². The van der Waals surface area contributed by atoms with Gasteiger partial charge in [-0.1, -0.05) is 11.6 Å². The average Bonchev–Trinajstić information content (AvgIpc) is 3.06.